The Kier molecular flexibility index (Phi) is 7.82. The minimum absolute atomic E-state index is 0.120. The van der Waals surface area contributed by atoms with Crippen LogP contribution < -0.4 is 4.74 Å². The molecule has 0 aromatic heterocycles. The third-order valence-corrected chi connectivity index (χ3v) is 3.48. The van der Waals surface area contributed by atoms with Crippen LogP contribution >= 0.6 is 23.2 Å². The largest absolute Gasteiger partial charge is 0.493 e. The van der Waals surface area contributed by atoms with Crippen molar-refractivity contribution in [3.05, 3.63) is 28.2 Å². The van der Waals surface area contributed by atoms with E-state index in [1.165, 1.54) is 12.0 Å². The van der Waals surface area contributed by atoms with E-state index in [1.54, 1.807) is 25.2 Å². The first-order chi connectivity index (χ1) is 9.93. The zero-order chi connectivity index (χ0) is 15.8. The van der Waals surface area contributed by atoms with Crippen LogP contribution in [0.25, 0.3) is 0 Å². The molecule has 0 aliphatic rings. The number of benzene rings is 1. The molecular formula is C14H19Cl2NO4. The van der Waals surface area contributed by atoms with E-state index >= 15 is 0 Å². The first-order valence-corrected chi connectivity index (χ1v) is 7.18. The number of carbonyl (C=O) groups is 1. The minimum Gasteiger partial charge on any atom is -0.493 e. The maximum Gasteiger partial charge on any atom is 0.225 e. The van der Waals surface area contributed by atoms with Crippen molar-refractivity contribution in [2.75, 3.05) is 33.9 Å². The highest BCUT2D eigenvalue weighted by Crippen LogP contribution is 2.26. The predicted octanol–water partition coefficient (Wildman–Crippen LogP) is 2.23. The molecule has 0 bridgehead atoms. The van der Waals surface area contributed by atoms with E-state index in [9.17, 15) is 9.90 Å². The molecule has 1 rings (SSSR count). The summed E-state index contributed by atoms with van der Waals surface area (Å²) >= 11 is 11.7. The number of amides is 1. The highest BCUT2D eigenvalue weighted by Gasteiger charge is 2.13. The summed E-state index contributed by atoms with van der Waals surface area (Å²) in [5.74, 6) is 0.435. The summed E-state index contributed by atoms with van der Waals surface area (Å²) < 4.78 is 10.2. The smallest absolute Gasteiger partial charge is 0.225 e. The van der Waals surface area contributed by atoms with Crippen LogP contribution in [-0.4, -0.2) is 55.9 Å². The van der Waals surface area contributed by atoms with Gasteiger partial charge in [0.15, 0.2) is 0 Å². The molecule has 1 atom stereocenters. The Bertz CT molecular complexity index is 470. The van der Waals surface area contributed by atoms with Crippen molar-refractivity contribution in [3.8, 4) is 5.75 Å². The van der Waals surface area contributed by atoms with Crippen molar-refractivity contribution >= 4 is 29.1 Å². The summed E-state index contributed by atoms with van der Waals surface area (Å²) in [6.45, 7) is 0.637. The van der Waals surface area contributed by atoms with Gasteiger partial charge < -0.3 is 19.5 Å². The number of aliphatic hydroxyl groups excluding tert-OH is 1. The van der Waals surface area contributed by atoms with Crippen LogP contribution in [-0.2, 0) is 9.53 Å². The number of hydrogen-bond acceptors (Lipinski definition) is 4. The van der Waals surface area contributed by atoms with E-state index in [2.05, 4.69) is 0 Å². The van der Waals surface area contributed by atoms with Crippen LogP contribution in [0.3, 0.4) is 0 Å². The number of likely N-dealkylation sites (N-methyl/N-ethyl adjacent to an activating group) is 1. The molecule has 0 heterocycles. The van der Waals surface area contributed by atoms with Crippen molar-refractivity contribution in [1.29, 1.82) is 0 Å². The normalized spacial score (nSPS) is 12.0. The highest BCUT2D eigenvalue weighted by atomic mass is 35.5. The molecule has 1 aromatic carbocycles. The van der Waals surface area contributed by atoms with Gasteiger partial charge in [-0.15, -0.1) is 0 Å². The Hall–Kier alpha value is -1.01. The number of methoxy groups -OCH3 is 1. The summed E-state index contributed by atoms with van der Waals surface area (Å²) in [5, 5.41) is 10.4. The summed E-state index contributed by atoms with van der Waals surface area (Å²) in [5.41, 5.74) is 0. The summed E-state index contributed by atoms with van der Waals surface area (Å²) in [6.07, 6.45) is -0.490. The fourth-order valence-corrected chi connectivity index (χ4v) is 1.96. The number of carbonyl (C=O) groups excluding carboxylic acids is 1. The van der Waals surface area contributed by atoms with Crippen LogP contribution in [0.1, 0.15) is 6.42 Å². The van der Waals surface area contributed by atoms with Crippen molar-refractivity contribution in [2.24, 2.45) is 0 Å². The van der Waals surface area contributed by atoms with Gasteiger partial charge in [-0.2, -0.15) is 0 Å². The molecule has 7 heteroatoms. The second-order valence-corrected chi connectivity index (χ2v) is 5.37. The molecule has 5 nitrogen and oxygen atoms in total. The lowest BCUT2D eigenvalue weighted by Crippen LogP contribution is -2.36. The van der Waals surface area contributed by atoms with E-state index in [-0.39, 0.29) is 32.1 Å². The van der Waals surface area contributed by atoms with E-state index in [1.807, 2.05) is 0 Å². The molecule has 0 saturated carbocycles. The van der Waals surface area contributed by atoms with Crippen molar-refractivity contribution in [2.45, 2.75) is 12.5 Å². The molecule has 0 saturated heterocycles. The second kappa shape index (κ2) is 9.10. The van der Waals surface area contributed by atoms with Gasteiger partial charge in [-0.1, -0.05) is 23.2 Å². The fraction of sp³-hybridized carbons (Fsp3) is 0.500. The van der Waals surface area contributed by atoms with Gasteiger partial charge in [0.25, 0.3) is 0 Å². The zero-order valence-corrected chi connectivity index (χ0v) is 13.5. The fourth-order valence-electron chi connectivity index (χ4n) is 1.68. The van der Waals surface area contributed by atoms with Crippen LogP contribution in [0.15, 0.2) is 18.2 Å². The van der Waals surface area contributed by atoms with Gasteiger partial charge >= 0.3 is 0 Å². The van der Waals surface area contributed by atoms with E-state index < -0.39 is 6.10 Å². The van der Waals surface area contributed by atoms with Crippen LogP contribution in [0.5, 0.6) is 5.75 Å². The predicted molar refractivity (Wildman–Crippen MR) is 82.1 cm³/mol. The number of rotatable bonds is 8. The summed E-state index contributed by atoms with van der Waals surface area (Å²) in [4.78, 5) is 13.3. The van der Waals surface area contributed by atoms with Crippen LogP contribution in [0.2, 0.25) is 10.0 Å². The summed E-state index contributed by atoms with van der Waals surface area (Å²) in [6, 6.07) is 4.92. The van der Waals surface area contributed by atoms with Crippen molar-refractivity contribution in [3.63, 3.8) is 0 Å². The van der Waals surface area contributed by atoms with E-state index in [4.69, 9.17) is 32.7 Å². The molecule has 1 N–H and O–H groups in total. The van der Waals surface area contributed by atoms with Gasteiger partial charge in [0, 0.05) is 26.8 Å². The maximum absolute atomic E-state index is 11.8. The number of nitrogens with zero attached hydrogens (tertiary/aromatic N) is 1. The Labute approximate surface area is 134 Å². The third-order valence-electron chi connectivity index (χ3n) is 2.75. The average molecular weight is 336 g/mol. The molecule has 0 aliphatic carbocycles. The molecule has 1 unspecified atom stereocenters. The van der Waals surface area contributed by atoms with Gasteiger partial charge in [0.05, 0.1) is 35.8 Å². The van der Waals surface area contributed by atoms with Crippen molar-refractivity contribution in [1.82, 2.24) is 4.90 Å². The molecule has 21 heavy (non-hydrogen) atoms. The van der Waals surface area contributed by atoms with Gasteiger partial charge in [-0.3, -0.25) is 4.79 Å². The molecule has 1 amide bonds. The highest BCUT2D eigenvalue weighted by molar-refractivity contribution is 6.42. The zero-order valence-electron chi connectivity index (χ0n) is 12.0. The Morgan fingerprint density at radius 3 is 2.71 bits per heavy atom. The molecule has 0 spiro atoms. The molecule has 118 valence electrons. The maximum atomic E-state index is 11.8. The van der Waals surface area contributed by atoms with Gasteiger partial charge in [0.2, 0.25) is 5.91 Å². The molecule has 0 radical (unpaired) electrons. The molecule has 0 aliphatic heterocycles. The van der Waals surface area contributed by atoms with Crippen LogP contribution in [0.4, 0.5) is 0 Å². The Balaban J connectivity index is 2.34. The van der Waals surface area contributed by atoms with Crippen LogP contribution in [0, 0.1) is 0 Å². The standard InChI is InChI=1S/C14H19Cl2NO4/c1-17(8-10(18)9-20-2)14(19)5-6-21-11-3-4-12(15)13(16)7-11/h3-4,7,10,18H,5-6,8-9H2,1-2H3. The number of aliphatic hydroxyl groups is 1. The average Bonchev–Trinajstić information content (AvgIpc) is 2.42. The van der Waals surface area contributed by atoms with Gasteiger partial charge in [-0.25, -0.2) is 0 Å². The Morgan fingerprint density at radius 1 is 1.38 bits per heavy atom. The Morgan fingerprint density at radius 2 is 2.10 bits per heavy atom. The SMILES string of the molecule is COCC(O)CN(C)C(=O)CCOc1ccc(Cl)c(Cl)c1. The summed E-state index contributed by atoms with van der Waals surface area (Å²) in [7, 11) is 3.12. The molecule has 0 fully saturated rings. The van der Waals surface area contributed by atoms with E-state index in [0.29, 0.717) is 15.8 Å². The topological polar surface area (TPSA) is 59.0 Å². The second-order valence-electron chi connectivity index (χ2n) is 4.56. The lowest BCUT2D eigenvalue weighted by Gasteiger charge is -2.20. The first kappa shape index (κ1) is 18.0. The minimum atomic E-state index is -0.694. The molecular weight excluding hydrogens is 317 g/mol. The van der Waals surface area contributed by atoms with Gasteiger partial charge in [0.1, 0.15) is 5.75 Å². The lowest BCUT2D eigenvalue weighted by atomic mass is 10.3. The number of halogens is 2. The number of ether oxygens (including phenoxy) is 2. The quantitative estimate of drug-likeness (QED) is 0.791. The van der Waals surface area contributed by atoms with Crippen molar-refractivity contribution < 1.29 is 19.4 Å². The monoisotopic (exact) mass is 335 g/mol. The number of hydrogen-bond donors (Lipinski definition) is 1. The van der Waals surface area contributed by atoms with E-state index in [0.717, 1.165) is 0 Å². The molecule has 1 aromatic rings. The first-order valence-electron chi connectivity index (χ1n) is 6.43. The van der Waals surface area contributed by atoms with Gasteiger partial charge in [-0.05, 0) is 12.1 Å². The lowest BCUT2D eigenvalue weighted by molar-refractivity contribution is -0.132. The third kappa shape index (κ3) is 6.52.